The Balaban J connectivity index is 0.000000686. The predicted octanol–water partition coefficient (Wildman–Crippen LogP) is 4.71. The zero-order valence-electron chi connectivity index (χ0n) is 12.8. The topological polar surface area (TPSA) is 3.24 Å². The van der Waals surface area contributed by atoms with Crippen LogP contribution in [0.2, 0.25) is 0 Å². The Bertz CT molecular complexity index is 202. The van der Waals surface area contributed by atoms with Gasteiger partial charge in [-0.1, -0.05) is 27.2 Å². The van der Waals surface area contributed by atoms with E-state index >= 15 is 0 Å². The van der Waals surface area contributed by atoms with Crippen LogP contribution in [0.5, 0.6) is 0 Å². The molecule has 0 aromatic rings. The second-order valence-electron chi connectivity index (χ2n) is 6.15. The van der Waals surface area contributed by atoms with Gasteiger partial charge < -0.3 is 4.90 Å². The van der Waals surface area contributed by atoms with Crippen molar-refractivity contribution >= 4 is 0 Å². The van der Waals surface area contributed by atoms with Crippen LogP contribution in [-0.2, 0) is 0 Å². The first kappa shape index (κ1) is 15.0. The minimum atomic E-state index is 0.755. The third-order valence-corrected chi connectivity index (χ3v) is 4.97. The van der Waals surface area contributed by atoms with Gasteiger partial charge in [-0.3, -0.25) is 0 Å². The summed E-state index contributed by atoms with van der Waals surface area (Å²) in [5.74, 6) is 1.05. The fraction of sp³-hybridized carbons (Fsp3) is 1.00. The Morgan fingerprint density at radius 2 is 1.71 bits per heavy atom. The van der Waals surface area contributed by atoms with Crippen molar-refractivity contribution in [2.75, 3.05) is 13.1 Å². The smallest absolute Gasteiger partial charge is 0.00385 e. The molecule has 17 heavy (non-hydrogen) atoms. The van der Waals surface area contributed by atoms with Gasteiger partial charge in [0.2, 0.25) is 0 Å². The zero-order valence-corrected chi connectivity index (χ0v) is 12.8. The van der Waals surface area contributed by atoms with E-state index in [2.05, 4.69) is 25.7 Å². The highest BCUT2D eigenvalue weighted by molar-refractivity contribution is 4.93. The SMILES string of the molecule is CC.CCC1CCC2(CCN(C(C)C)CC2)C1. The molecule has 0 aromatic carbocycles. The van der Waals surface area contributed by atoms with Gasteiger partial charge in [0.05, 0.1) is 0 Å². The summed E-state index contributed by atoms with van der Waals surface area (Å²) in [6, 6.07) is 0.755. The van der Waals surface area contributed by atoms with Crippen molar-refractivity contribution in [2.24, 2.45) is 11.3 Å². The second-order valence-corrected chi connectivity index (χ2v) is 6.15. The lowest BCUT2D eigenvalue weighted by Crippen LogP contribution is -2.42. The molecule has 2 rings (SSSR count). The highest BCUT2D eigenvalue weighted by Gasteiger charge is 2.40. The van der Waals surface area contributed by atoms with Crippen LogP contribution < -0.4 is 0 Å². The van der Waals surface area contributed by atoms with Crippen molar-refractivity contribution in [3.05, 3.63) is 0 Å². The molecule has 1 saturated heterocycles. The molecule has 102 valence electrons. The van der Waals surface area contributed by atoms with E-state index in [1.807, 2.05) is 13.8 Å². The van der Waals surface area contributed by atoms with E-state index in [0.717, 1.165) is 17.4 Å². The Morgan fingerprint density at radius 1 is 1.12 bits per heavy atom. The molecule has 0 amide bonds. The molecule has 1 saturated carbocycles. The molecule has 0 aromatic heterocycles. The van der Waals surface area contributed by atoms with Gasteiger partial charge in [0, 0.05) is 6.04 Å². The molecule has 0 bridgehead atoms. The quantitative estimate of drug-likeness (QED) is 0.674. The Hall–Kier alpha value is -0.0400. The standard InChI is InChI=1S/C14H27N.C2H6/c1-4-13-5-6-14(11-13)7-9-15(10-8-14)12(2)3;1-2/h12-13H,4-11H2,1-3H3;1-2H3. The van der Waals surface area contributed by atoms with Crippen molar-refractivity contribution in [3.63, 3.8) is 0 Å². The molecule has 0 N–H and O–H groups in total. The third-order valence-electron chi connectivity index (χ3n) is 4.97. The van der Waals surface area contributed by atoms with Gasteiger partial charge in [-0.25, -0.2) is 0 Å². The van der Waals surface area contributed by atoms with Gasteiger partial charge >= 0.3 is 0 Å². The Morgan fingerprint density at radius 3 is 2.12 bits per heavy atom. The minimum absolute atomic E-state index is 0.755. The largest absolute Gasteiger partial charge is 0.301 e. The predicted molar refractivity (Wildman–Crippen MR) is 77.4 cm³/mol. The molecule has 1 aliphatic carbocycles. The van der Waals surface area contributed by atoms with Crippen molar-refractivity contribution in [2.45, 2.75) is 79.2 Å². The maximum atomic E-state index is 2.66. The molecule has 1 atom stereocenters. The van der Waals surface area contributed by atoms with Crippen molar-refractivity contribution < 1.29 is 0 Å². The van der Waals surface area contributed by atoms with E-state index < -0.39 is 0 Å². The Labute approximate surface area is 109 Å². The van der Waals surface area contributed by atoms with Gasteiger partial charge in [0.25, 0.3) is 0 Å². The monoisotopic (exact) mass is 239 g/mol. The van der Waals surface area contributed by atoms with Crippen molar-refractivity contribution in [1.82, 2.24) is 4.90 Å². The van der Waals surface area contributed by atoms with E-state index in [1.54, 1.807) is 0 Å². The lowest BCUT2D eigenvalue weighted by Gasteiger charge is -2.41. The summed E-state index contributed by atoms with van der Waals surface area (Å²) < 4.78 is 0. The fourth-order valence-corrected chi connectivity index (χ4v) is 3.64. The van der Waals surface area contributed by atoms with Crippen molar-refractivity contribution in [3.8, 4) is 0 Å². The van der Waals surface area contributed by atoms with Crippen LogP contribution >= 0.6 is 0 Å². The summed E-state index contributed by atoms with van der Waals surface area (Å²) in [5, 5.41) is 0. The number of likely N-dealkylation sites (tertiary alicyclic amines) is 1. The second kappa shape index (κ2) is 6.78. The molecule has 2 aliphatic rings. The maximum Gasteiger partial charge on any atom is 0.00385 e. The number of hydrogen-bond acceptors (Lipinski definition) is 1. The van der Waals surface area contributed by atoms with Crippen LogP contribution in [0.15, 0.2) is 0 Å². The number of piperidine rings is 1. The van der Waals surface area contributed by atoms with E-state index in [1.165, 1.54) is 51.6 Å². The van der Waals surface area contributed by atoms with Crippen LogP contribution in [0.4, 0.5) is 0 Å². The van der Waals surface area contributed by atoms with E-state index in [9.17, 15) is 0 Å². The van der Waals surface area contributed by atoms with E-state index in [-0.39, 0.29) is 0 Å². The lowest BCUT2D eigenvalue weighted by atomic mass is 9.76. The normalized spacial score (nSPS) is 28.2. The molecule has 0 radical (unpaired) electrons. The molecular weight excluding hydrogens is 206 g/mol. The number of nitrogens with zero attached hydrogens (tertiary/aromatic N) is 1. The van der Waals surface area contributed by atoms with Gasteiger partial charge in [-0.15, -0.1) is 0 Å². The van der Waals surface area contributed by atoms with Crippen LogP contribution in [0.25, 0.3) is 0 Å². The molecule has 1 heteroatoms. The highest BCUT2D eigenvalue weighted by atomic mass is 15.2. The summed E-state index contributed by atoms with van der Waals surface area (Å²) in [4.78, 5) is 2.66. The van der Waals surface area contributed by atoms with Gasteiger partial charge in [0.1, 0.15) is 0 Å². The van der Waals surface area contributed by atoms with Crippen LogP contribution in [0, 0.1) is 11.3 Å². The molecule has 1 unspecified atom stereocenters. The fourth-order valence-electron chi connectivity index (χ4n) is 3.64. The van der Waals surface area contributed by atoms with Crippen molar-refractivity contribution in [1.29, 1.82) is 0 Å². The molecular formula is C16H33N. The van der Waals surface area contributed by atoms with Crippen LogP contribution in [-0.4, -0.2) is 24.0 Å². The molecule has 1 heterocycles. The first-order valence-corrected chi connectivity index (χ1v) is 7.89. The van der Waals surface area contributed by atoms with Crippen LogP contribution in [0.1, 0.15) is 73.1 Å². The summed E-state index contributed by atoms with van der Waals surface area (Å²) in [7, 11) is 0. The molecule has 1 aliphatic heterocycles. The molecule has 2 fully saturated rings. The summed E-state index contributed by atoms with van der Waals surface area (Å²) in [5.41, 5.74) is 0.770. The first-order valence-electron chi connectivity index (χ1n) is 7.89. The molecule has 1 nitrogen and oxygen atoms in total. The summed E-state index contributed by atoms with van der Waals surface area (Å²) in [6.07, 6.45) is 8.93. The average Bonchev–Trinajstić information content (AvgIpc) is 2.76. The number of hydrogen-bond donors (Lipinski definition) is 0. The number of rotatable bonds is 2. The summed E-state index contributed by atoms with van der Waals surface area (Å²) in [6.45, 7) is 13.7. The van der Waals surface area contributed by atoms with Gasteiger partial charge in [-0.05, 0) is 70.4 Å². The first-order chi connectivity index (χ1) is 8.15. The van der Waals surface area contributed by atoms with Crippen LogP contribution in [0.3, 0.4) is 0 Å². The average molecular weight is 239 g/mol. The van der Waals surface area contributed by atoms with Gasteiger partial charge in [-0.2, -0.15) is 0 Å². The van der Waals surface area contributed by atoms with E-state index in [4.69, 9.17) is 0 Å². The molecule has 1 spiro atoms. The minimum Gasteiger partial charge on any atom is -0.301 e. The van der Waals surface area contributed by atoms with E-state index in [0.29, 0.717) is 0 Å². The van der Waals surface area contributed by atoms with Gasteiger partial charge in [0.15, 0.2) is 0 Å². The lowest BCUT2D eigenvalue weighted by molar-refractivity contribution is 0.0838. The third kappa shape index (κ3) is 3.71. The summed E-state index contributed by atoms with van der Waals surface area (Å²) >= 11 is 0. The maximum absolute atomic E-state index is 2.66. The highest BCUT2D eigenvalue weighted by Crippen LogP contribution is 2.49. The Kier molecular flexibility index (Phi) is 5.99. The zero-order chi connectivity index (χ0) is 12.9.